The molecule has 1 atom stereocenters. The van der Waals surface area contributed by atoms with E-state index in [2.05, 4.69) is 32.4 Å². The summed E-state index contributed by atoms with van der Waals surface area (Å²) in [5.74, 6) is 0.0250. The molecule has 0 bridgehead atoms. The minimum Gasteiger partial charge on any atom is -0.507 e. The maximum Gasteiger partial charge on any atom is 0.416 e. The van der Waals surface area contributed by atoms with Crippen molar-refractivity contribution in [3.8, 4) is 17.0 Å². The van der Waals surface area contributed by atoms with Crippen molar-refractivity contribution in [1.29, 1.82) is 0 Å². The van der Waals surface area contributed by atoms with Crippen LogP contribution in [0, 0.1) is 6.92 Å². The minimum absolute atomic E-state index is 0.178. The normalized spacial score (nSPS) is 18.0. The molecule has 6 nitrogen and oxygen atoms in total. The number of hydrogen-bond acceptors (Lipinski definition) is 6. The summed E-state index contributed by atoms with van der Waals surface area (Å²) in [5, 5.41) is 22.8. The van der Waals surface area contributed by atoms with E-state index in [4.69, 9.17) is 0 Å². The SMILES string of the molecule is Cc1cnc2c(N[C@@H]3CCCN(C)C3)nnc(-c3ccc(C(F)(F)F)cc3O)c2c1. The molecule has 3 aromatic rings. The second-order valence-electron chi connectivity index (χ2n) is 7.78. The van der Waals surface area contributed by atoms with Crippen molar-refractivity contribution in [1.82, 2.24) is 20.1 Å². The van der Waals surface area contributed by atoms with Gasteiger partial charge < -0.3 is 15.3 Å². The lowest BCUT2D eigenvalue weighted by molar-refractivity contribution is -0.137. The van der Waals surface area contributed by atoms with Crippen molar-refractivity contribution >= 4 is 16.7 Å². The predicted octanol–water partition coefficient (Wildman–Crippen LogP) is 4.23. The van der Waals surface area contributed by atoms with Crippen molar-refractivity contribution in [2.75, 3.05) is 25.5 Å². The van der Waals surface area contributed by atoms with Crippen LogP contribution in [-0.4, -0.2) is 51.4 Å². The summed E-state index contributed by atoms with van der Waals surface area (Å²) >= 11 is 0. The molecule has 4 rings (SSSR count). The Balaban J connectivity index is 1.78. The maximum atomic E-state index is 13.0. The molecular formula is C21H22F3N5O. The van der Waals surface area contributed by atoms with Gasteiger partial charge in [0, 0.05) is 29.7 Å². The average molecular weight is 417 g/mol. The number of aromatic nitrogens is 3. The number of likely N-dealkylation sites (N-methyl/N-ethyl adjacent to an activating group) is 1. The number of aromatic hydroxyl groups is 1. The van der Waals surface area contributed by atoms with Gasteiger partial charge in [-0.25, -0.2) is 0 Å². The van der Waals surface area contributed by atoms with E-state index in [1.165, 1.54) is 6.07 Å². The third kappa shape index (κ3) is 4.02. The number of piperidine rings is 1. The number of pyridine rings is 1. The Kier molecular flexibility index (Phi) is 5.23. The Morgan fingerprint density at radius 1 is 1.20 bits per heavy atom. The van der Waals surface area contributed by atoms with Crippen LogP contribution in [0.3, 0.4) is 0 Å². The highest BCUT2D eigenvalue weighted by atomic mass is 19.4. The van der Waals surface area contributed by atoms with E-state index in [1.807, 2.05) is 13.0 Å². The summed E-state index contributed by atoms with van der Waals surface area (Å²) in [6.07, 6.45) is -0.758. The summed E-state index contributed by atoms with van der Waals surface area (Å²) in [5.41, 5.74) is 0.982. The van der Waals surface area contributed by atoms with E-state index in [0.29, 0.717) is 28.5 Å². The third-order valence-corrected chi connectivity index (χ3v) is 5.30. The van der Waals surface area contributed by atoms with Crippen LogP contribution in [0.2, 0.25) is 0 Å². The summed E-state index contributed by atoms with van der Waals surface area (Å²) < 4.78 is 38.9. The molecule has 1 aromatic carbocycles. The van der Waals surface area contributed by atoms with Crippen LogP contribution in [0.15, 0.2) is 30.5 Å². The number of anilines is 1. The number of hydrogen-bond donors (Lipinski definition) is 2. The number of halogens is 3. The molecule has 1 aliphatic rings. The smallest absolute Gasteiger partial charge is 0.416 e. The fourth-order valence-electron chi connectivity index (χ4n) is 3.82. The topological polar surface area (TPSA) is 74.2 Å². The number of phenols is 1. The lowest BCUT2D eigenvalue weighted by Gasteiger charge is -2.30. The fourth-order valence-corrected chi connectivity index (χ4v) is 3.82. The standard InChI is InChI=1S/C21H22F3N5O/c1-12-8-16-18(15-6-5-13(9-17(15)30)21(22,23)24)27-28-20(19(16)25-10-12)26-14-4-3-7-29(2)11-14/h5-6,8-10,14,30H,3-4,7,11H2,1-2H3,(H,26,28)/t14-/m1/s1. The zero-order chi connectivity index (χ0) is 21.5. The van der Waals surface area contributed by atoms with Gasteiger partial charge in [-0.3, -0.25) is 4.98 Å². The Labute approximate surface area is 171 Å². The monoisotopic (exact) mass is 417 g/mol. The van der Waals surface area contributed by atoms with Gasteiger partial charge in [-0.1, -0.05) is 0 Å². The van der Waals surface area contributed by atoms with E-state index in [9.17, 15) is 18.3 Å². The van der Waals surface area contributed by atoms with E-state index in [1.54, 1.807) is 6.20 Å². The third-order valence-electron chi connectivity index (χ3n) is 5.30. The van der Waals surface area contributed by atoms with Crippen LogP contribution in [0.4, 0.5) is 19.0 Å². The first-order valence-electron chi connectivity index (χ1n) is 9.71. The lowest BCUT2D eigenvalue weighted by atomic mass is 10.0. The first-order chi connectivity index (χ1) is 14.2. The number of benzene rings is 1. The molecule has 0 unspecified atom stereocenters. The van der Waals surface area contributed by atoms with Gasteiger partial charge in [-0.05, 0) is 63.2 Å². The summed E-state index contributed by atoms with van der Waals surface area (Å²) in [6.45, 7) is 3.79. The lowest BCUT2D eigenvalue weighted by Crippen LogP contribution is -2.40. The van der Waals surface area contributed by atoms with Gasteiger partial charge in [0.05, 0.1) is 5.56 Å². The van der Waals surface area contributed by atoms with Crippen LogP contribution in [0.1, 0.15) is 24.0 Å². The highest BCUT2D eigenvalue weighted by Crippen LogP contribution is 2.38. The number of fused-ring (bicyclic) bond motifs is 1. The summed E-state index contributed by atoms with van der Waals surface area (Å²) in [4.78, 5) is 6.74. The number of likely N-dealkylation sites (tertiary alicyclic amines) is 1. The second kappa shape index (κ2) is 7.71. The van der Waals surface area contributed by atoms with Crippen molar-refractivity contribution in [2.24, 2.45) is 0 Å². The number of alkyl halides is 3. The molecule has 0 aliphatic carbocycles. The number of aryl methyl sites for hydroxylation is 1. The predicted molar refractivity (Wildman–Crippen MR) is 108 cm³/mol. The van der Waals surface area contributed by atoms with Crippen LogP contribution in [-0.2, 0) is 6.18 Å². The van der Waals surface area contributed by atoms with Crippen molar-refractivity contribution < 1.29 is 18.3 Å². The Bertz CT molecular complexity index is 1090. The van der Waals surface area contributed by atoms with E-state index < -0.39 is 17.5 Å². The molecule has 3 heterocycles. The van der Waals surface area contributed by atoms with Gasteiger partial charge in [-0.15, -0.1) is 10.2 Å². The Morgan fingerprint density at radius 2 is 2.00 bits per heavy atom. The molecule has 0 spiro atoms. The van der Waals surface area contributed by atoms with Crippen molar-refractivity contribution in [3.63, 3.8) is 0 Å². The van der Waals surface area contributed by atoms with Crippen molar-refractivity contribution in [2.45, 2.75) is 32.0 Å². The molecule has 1 aliphatic heterocycles. The zero-order valence-corrected chi connectivity index (χ0v) is 16.7. The Morgan fingerprint density at radius 3 is 2.70 bits per heavy atom. The van der Waals surface area contributed by atoms with Gasteiger partial charge in [0.1, 0.15) is 17.0 Å². The fraction of sp³-hybridized carbons (Fsp3) is 0.381. The van der Waals surface area contributed by atoms with Crippen LogP contribution < -0.4 is 5.32 Å². The molecule has 0 radical (unpaired) electrons. The van der Waals surface area contributed by atoms with E-state index in [-0.39, 0.29) is 11.6 Å². The number of nitrogens with zero attached hydrogens (tertiary/aromatic N) is 4. The molecule has 30 heavy (non-hydrogen) atoms. The average Bonchev–Trinajstić information content (AvgIpc) is 2.68. The molecule has 0 saturated carbocycles. The van der Waals surface area contributed by atoms with Gasteiger partial charge in [0.2, 0.25) is 0 Å². The summed E-state index contributed by atoms with van der Waals surface area (Å²) in [6, 6.07) is 4.90. The molecule has 9 heteroatoms. The second-order valence-corrected chi connectivity index (χ2v) is 7.78. The molecule has 1 fully saturated rings. The maximum absolute atomic E-state index is 13.0. The number of nitrogens with one attached hydrogen (secondary N) is 1. The van der Waals surface area contributed by atoms with Gasteiger partial charge in [-0.2, -0.15) is 13.2 Å². The highest BCUT2D eigenvalue weighted by molar-refractivity contribution is 5.98. The van der Waals surface area contributed by atoms with E-state index >= 15 is 0 Å². The van der Waals surface area contributed by atoms with Crippen LogP contribution in [0.5, 0.6) is 5.75 Å². The molecule has 1 saturated heterocycles. The van der Waals surface area contributed by atoms with Crippen LogP contribution in [0.25, 0.3) is 22.2 Å². The Hall–Kier alpha value is -2.94. The zero-order valence-electron chi connectivity index (χ0n) is 16.7. The first kappa shape index (κ1) is 20.3. The molecule has 2 N–H and O–H groups in total. The van der Waals surface area contributed by atoms with Gasteiger partial charge in [0.25, 0.3) is 0 Å². The molecular weight excluding hydrogens is 395 g/mol. The van der Waals surface area contributed by atoms with E-state index in [0.717, 1.165) is 37.6 Å². The van der Waals surface area contributed by atoms with Gasteiger partial charge >= 0.3 is 6.18 Å². The molecule has 2 aromatic heterocycles. The molecule has 158 valence electrons. The molecule has 0 amide bonds. The van der Waals surface area contributed by atoms with Gasteiger partial charge in [0.15, 0.2) is 5.82 Å². The van der Waals surface area contributed by atoms with Crippen molar-refractivity contribution in [3.05, 3.63) is 41.6 Å². The quantitative estimate of drug-likeness (QED) is 0.664. The first-order valence-corrected chi connectivity index (χ1v) is 9.71. The van der Waals surface area contributed by atoms with Crippen LogP contribution >= 0.6 is 0 Å². The number of rotatable bonds is 3. The largest absolute Gasteiger partial charge is 0.507 e. The highest BCUT2D eigenvalue weighted by Gasteiger charge is 2.31. The minimum atomic E-state index is -4.54. The summed E-state index contributed by atoms with van der Waals surface area (Å²) in [7, 11) is 2.07. The number of phenolic OH excluding ortho intramolecular Hbond substituents is 1.